The van der Waals surface area contributed by atoms with E-state index in [4.69, 9.17) is 9.97 Å². The van der Waals surface area contributed by atoms with Crippen molar-refractivity contribution in [3.8, 4) is 22.5 Å². The van der Waals surface area contributed by atoms with E-state index in [1.807, 2.05) is 57.4 Å². The number of aliphatic hydroxyl groups is 1. The van der Waals surface area contributed by atoms with Gasteiger partial charge in [-0.2, -0.15) is 11.3 Å². The molecule has 233 valence electrons. The molecule has 3 aromatic heterocycles. The molecule has 0 atom stereocenters. The zero-order chi connectivity index (χ0) is 31.6. The number of carbonyl (C=O) groups is 1. The second-order valence-electron chi connectivity index (χ2n) is 12.7. The Balaban J connectivity index is 0.000000332. The first-order valence-corrected chi connectivity index (χ1v) is 19.4. The average Bonchev–Trinajstić information content (AvgIpc) is 3.39. The summed E-state index contributed by atoms with van der Waals surface area (Å²) in [7, 11) is -1.46. The van der Waals surface area contributed by atoms with Crippen LogP contribution < -0.4 is 5.19 Å². The zero-order valence-electron chi connectivity index (χ0n) is 26.8. The van der Waals surface area contributed by atoms with Gasteiger partial charge >= 0.3 is 0 Å². The zero-order valence-corrected chi connectivity index (χ0v) is 31.0. The number of rotatable bonds is 6. The quantitative estimate of drug-likeness (QED) is 0.0788. The fourth-order valence-electron chi connectivity index (χ4n) is 4.91. The molecule has 6 rings (SSSR count). The molecule has 0 bridgehead atoms. The number of aliphatic hydroxyl groups excluding tert-OH is 1. The van der Waals surface area contributed by atoms with E-state index in [-0.39, 0.29) is 43.5 Å². The Morgan fingerprint density at radius 3 is 2.27 bits per heavy atom. The van der Waals surface area contributed by atoms with Gasteiger partial charge in [0, 0.05) is 59.9 Å². The van der Waals surface area contributed by atoms with E-state index in [1.165, 1.54) is 36.8 Å². The minimum atomic E-state index is -1.46. The molecule has 0 aliphatic carbocycles. The molecule has 0 unspecified atom stereocenters. The van der Waals surface area contributed by atoms with E-state index >= 15 is 0 Å². The fraction of sp³-hybridized carbons (Fsp3) is 0.237. The van der Waals surface area contributed by atoms with Gasteiger partial charge in [0.15, 0.2) is 5.78 Å². The predicted octanol–water partition coefficient (Wildman–Crippen LogP) is 9.98. The third-order valence-corrected chi connectivity index (χ3v) is 10.9. The molecule has 3 heterocycles. The van der Waals surface area contributed by atoms with Gasteiger partial charge in [0.25, 0.3) is 0 Å². The summed E-state index contributed by atoms with van der Waals surface area (Å²) in [5.41, 5.74) is 5.11. The first-order chi connectivity index (χ1) is 20.9. The maximum Gasteiger partial charge on any atom is 0.161 e. The summed E-state index contributed by atoms with van der Waals surface area (Å²) in [6.45, 7) is 14.5. The Morgan fingerprint density at radius 1 is 0.867 bits per heavy atom. The van der Waals surface area contributed by atoms with E-state index in [0.29, 0.717) is 0 Å². The van der Waals surface area contributed by atoms with Crippen LogP contribution in [0.2, 0.25) is 19.6 Å². The predicted molar refractivity (Wildman–Crippen MR) is 191 cm³/mol. The fourth-order valence-corrected chi connectivity index (χ4v) is 7.28. The van der Waals surface area contributed by atoms with E-state index in [1.54, 1.807) is 0 Å². The number of aromatic nitrogens is 2. The molecule has 0 aliphatic rings. The summed E-state index contributed by atoms with van der Waals surface area (Å²) in [4.78, 5) is 20.9. The van der Waals surface area contributed by atoms with Crippen LogP contribution in [0.1, 0.15) is 27.7 Å². The van der Waals surface area contributed by atoms with Crippen LogP contribution in [0.4, 0.5) is 0 Å². The van der Waals surface area contributed by atoms with Crippen molar-refractivity contribution in [1.82, 2.24) is 9.97 Å². The summed E-state index contributed by atoms with van der Waals surface area (Å²) in [6, 6.07) is 31.4. The van der Waals surface area contributed by atoms with Crippen molar-refractivity contribution in [3.63, 3.8) is 0 Å². The van der Waals surface area contributed by atoms with Crippen molar-refractivity contribution in [3.05, 3.63) is 103 Å². The Morgan fingerprint density at radius 2 is 1.60 bits per heavy atom. The number of carbonyl (C=O) groups excluding carboxylic acids is 1. The third-order valence-electron chi connectivity index (χ3n) is 7.66. The normalized spacial score (nSPS) is 12.0. The van der Waals surface area contributed by atoms with Gasteiger partial charge in [0.05, 0.1) is 25.0 Å². The van der Waals surface area contributed by atoms with Crippen LogP contribution >= 0.6 is 11.3 Å². The molecule has 0 saturated heterocycles. The maximum absolute atomic E-state index is 11.0. The number of allylic oxidation sites excluding steroid dienone is 2. The maximum atomic E-state index is 11.0. The summed E-state index contributed by atoms with van der Waals surface area (Å²) in [5.74, 6) is 0.161. The Labute approximate surface area is 284 Å². The van der Waals surface area contributed by atoms with Crippen LogP contribution in [0.15, 0.2) is 96.9 Å². The van der Waals surface area contributed by atoms with Gasteiger partial charge in [-0.3, -0.25) is 14.8 Å². The summed E-state index contributed by atoms with van der Waals surface area (Å²) in [6.07, 6.45) is 3.18. The van der Waals surface area contributed by atoms with Crippen LogP contribution in [0.25, 0.3) is 53.6 Å². The molecular formula is C38H39IrN2O2SSi-. The second-order valence-corrected chi connectivity index (χ2v) is 18.9. The molecule has 3 aromatic carbocycles. The summed E-state index contributed by atoms with van der Waals surface area (Å²) >= 11 is 1.81. The van der Waals surface area contributed by atoms with Crippen molar-refractivity contribution in [1.29, 1.82) is 0 Å². The number of hydrogen-bond donors (Lipinski definition) is 1. The van der Waals surface area contributed by atoms with Gasteiger partial charge in [0.1, 0.15) is 0 Å². The minimum absolute atomic E-state index is 0. The van der Waals surface area contributed by atoms with Gasteiger partial charge < -0.3 is 5.11 Å². The number of benzene rings is 3. The van der Waals surface area contributed by atoms with Gasteiger partial charge in [-0.05, 0) is 40.0 Å². The third kappa shape index (κ3) is 7.67. The molecule has 6 aromatic rings. The molecule has 0 amide bonds. The monoisotopic (exact) mass is 808 g/mol. The first-order valence-electron chi connectivity index (χ1n) is 15.1. The van der Waals surface area contributed by atoms with Crippen molar-refractivity contribution in [2.75, 3.05) is 0 Å². The van der Waals surface area contributed by atoms with E-state index in [0.717, 1.165) is 28.0 Å². The van der Waals surface area contributed by atoms with E-state index < -0.39 is 8.07 Å². The Kier molecular flexibility index (Phi) is 10.9. The SMILES string of the molecule is CC(C)C(=O)/C=C(\O)C(C)C.C[Si](C)(C)c1ccc2nc(-c3[c-]ccc4c3sc3ccccc34)cc(-c3ccccn3)c2c1.[Ir]. The molecule has 7 heteroatoms. The van der Waals surface area contributed by atoms with Gasteiger partial charge in [-0.1, -0.05) is 100 Å². The molecule has 0 spiro atoms. The Bertz CT molecular complexity index is 1990. The molecule has 0 aliphatic heterocycles. The topological polar surface area (TPSA) is 63.1 Å². The Hall–Kier alpha value is -3.48. The summed E-state index contributed by atoms with van der Waals surface area (Å²) in [5, 5.41) is 14.3. The summed E-state index contributed by atoms with van der Waals surface area (Å²) < 4.78 is 2.52. The smallest absolute Gasteiger partial charge is 0.161 e. The van der Waals surface area contributed by atoms with Crippen molar-refractivity contribution in [2.45, 2.75) is 47.3 Å². The second kappa shape index (κ2) is 14.3. The van der Waals surface area contributed by atoms with E-state index in [2.05, 4.69) is 92.4 Å². The van der Waals surface area contributed by atoms with Gasteiger partial charge in [-0.25, -0.2) is 0 Å². The number of hydrogen-bond acceptors (Lipinski definition) is 5. The molecule has 1 N–H and O–H groups in total. The molecule has 0 fully saturated rings. The molecular weight excluding hydrogens is 769 g/mol. The average molecular weight is 808 g/mol. The van der Waals surface area contributed by atoms with Crippen LogP contribution in [0.3, 0.4) is 0 Å². The molecule has 0 saturated carbocycles. The standard InChI is InChI=1S/C29H23N2SSi.C9H16O2.Ir/c1-33(2,3)19-14-15-26-23(17-19)24(25-12-6-7-16-30-25)18-27(31-26)22-11-8-10-21-20-9-4-5-13-28(20)32-29(21)22;1-6(2)8(10)5-9(11)7(3)4;/h4-10,12-18H,1-3H3;5-7,10H,1-4H3;/q-1;;/b;8-5-;. The number of fused-ring (bicyclic) bond motifs is 4. The number of ketones is 1. The number of thiophene rings is 1. The van der Waals surface area contributed by atoms with Crippen molar-refractivity contribution >= 4 is 61.5 Å². The van der Waals surface area contributed by atoms with Gasteiger partial charge in [-0.15, -0.1) is 23.8 Å². The number of nitrogens with zero attached hydrogens (tertiary/aromatic N) is 2. The molecule has 4 nitrogen and oxygen atoms in total. The molecule has 1 radical (unpaired) electrons. The van der Waals surface area contributed by atoms with Gasteiger partial charge in [0.2, 0.25) is 0 Å². The van der Waals surface area contributed by atoms with Crippen LogP contribution in [-0.2, 0) is 24.9 Å². The van der Waals surface area contributed by atoms with Crippen LogP contribution in [0.5, 0.6) is 0 Å². The van der Waals surface area contributed by atoms with Crippen molar-refractivity contribution < 1.29 is 30.0 Å². The minimum Gasteiger partial charge on any atom is -0.512 e. The number of pyridine rings is 2. The van der Waals surface area contributed by atoms with Crippen LogP contribution in [0, 0.1) is 17.9 Å². The largest absolute Gasteiger partial charge is 0.512 e. The van der Waals surface area contributed by atoms with Crippen LogP contribution in [-0.4, -0.2) is 28.9 Å². The molecule has 45 heavy (non-hydrogen) atoms. The van der Waals surface area contributed by atoms with Crippen molar-refractivity contribution in [2.24, 2.45) is 11.8 Å². The van der Waals surface area contributed by atoms with E-state index in [9.17, 15) is 9.90 Å². The first kappa shape index (κ1) is 34.4.